The molecule has 3 aromatic rings. The zero-order chi connectivity index (χ0) is 23.8. The molecule has 0 aromatic heterocycles. The van der Waals surface area contributed by atoms with Crippen molar-refractivity contribution >= 4 is 34.4 Å². The predicted octanol–water partition coefficient (Wildman–Crippen LogP) is 6.24. The first-order valence-electron chi connectivity index (χ1n) is 10.9. The number of nitro groups is 1. The fraction of sp³-hybridized carbons (Fsp3) is 0.192. The molecule has 3 aromatic carbocycles. The number of methoxy groups -OCH3 is 1. The van der Waals surface area contributed by atoms with Crippen LogP contribution in [0.5, 0.6) is 5.75 Å². The smallest absolute Gasteiger partial charge is 0.269 e. The first-order valence-corrected chi connectivity index (χ1v) is 11.3. The molecule has 0 amide bonds. The summed E-state index contributed by atoms with van der Waals surface area (Å²) in [6, 6.07) is 19.1. The summed E-state index contributed by atoms with van der Waals surface area (Å²) in [6.07, 6.45) is 0.945. The number of fused-ring (bicyclic) bond motifs is 1. The van der Waals surface area contributed by atoms with Crippen molar-refractivity contribution in [2.45, 2.75) is 24.8 Å². The number of benzene rings is 3. The highest BCUT2D eigenvalue weighted by atomic mass is 35.5. The molecule has 2 atom stereocenters. The second-order valence-corrected chi connectivity index (χ2v) is 8.81. The van der Waals surface area contributed by atoms with Crippen molar-refractivity contribution in [3.8, 4) is 5.75 Å². The van der Waals surface area contributed by atoms with Crippen LogP contribution in [-0.4, -0.2) is 17.8 Å². The number of allylic oxidation sites excluding steroid dienone is 1. The summed E-state index contributed by atoms with van der Waals surface area (Å²) in [4.78, 5) is 24.6. The standard InChI is InChI=1S/C26H22ClN3O4/c1-34-18-9-6-15(7-10-18)16-12-23-25(24(31)13-16)26(29-22-5-3-2-4-21(22)28-23)19-14-17(30(32)33)8-11-20(19)27/h2-11,14,16,26,28-29H,12-13H2,1H3/t16-,26-/m1/s1. The number of nitrogens with one attached hydrogen (secondary N) is 2. The number of anilines is 2. The lowest BCUT2D eigenvalue weighted by molar-refractivity contribution is -0.384. The molecule has 1 aliphatic heterocycles. The van der Waals surface area contributed by atoms with Crippen LogP contribution < -0.4 is 15.4 Å². The number of carbonyl (C=O) groups excluding carboxylic acids is 1. The van der Waals surface area contributed by atoms with Gasteiger partial charge in [0.2, 0.25) is 0 Å². The van der Waals surface area contributed by atoms with Gasteiger partial charge in [-0.15, -0.1) is 0 Å². The van der Waals surface area contributed by atoms with Gasteiger partial charge in [-0.3, -0.25) is 14.9 Å². The molecule has 0 radical (unpaired) electrons. The average molecular weight is 476 g/mol. The zero-order valence-corrected chi connectivity index (χ0v) is 19.1. The molecule has 0 bridgehead atoms. The van der Waals surface area contributed by atoms with Crippen LogP contribution in [0.4, 0.5) is 17.1 Å². The summed E-state index contributed by atoms with van der Waals surface area (Å²) in [5.74, 6) is 0.732. The van der Waals surface area contributed by atoms with Crippen molar-refractivity contribution in [3.63, 3.8) is 0 Å². The lowest BCUT2D eigenvalue weighted by atomic mass is 9.78. The maximum Gasteiger partial charge on any atom is 0.269 e. The summed E-state index contributed by atoms with van der Waals surface area (Å²) >= 11 is 6.52. The molecular weight excluding hydrogens is 454 g/mol. The Morgan fingerprint density at radius 1 is 1.03 bits per heavy atom. The monoisotopic (exact) mass is 475 g/mol. The molecule has 0 saturated carbocycles. The number of rotatable bonds is 4. The Labute approximate surface area is 201 Å². The fourth-order valence-electron chi connectivity index (χ4n) is 4.70. The van der Waals surface area contributed by atoms with Crippen molar-refractivity contribution < 1.29 is 14.5 Å². The average Bonchev–Trinajstić information content (AvgIpc) is 3.01. The molecule has 8 heteroatoms. The highest BCUT2D eigenvalue weighted by Crippen LogP contribution is 2.45. The van der Waals surface area contributed by atoms with E-state index in [-0.39, 0.29) is 17.4 Å². The van der Waals surface area contributed by atoms with Crippen LogP contribution in [0.3, 0.4) is 0 Å². The summed E-state index contributed by atoms with van der Waals surface area (Å²) in [5.41, 5.74) is 4.45. The number of non-ortho nitro benzene ring substituents is 1. The van der Waals surface area contributed by atoms with Gasteiger partial charge in [-0.05, 0) is 48.2 Å². The number of hydrogen-bond acceptors (Lipinski definition) is 6. The third-order valence-electron chi connectivity index (χ3n) is 6.40. The third kappa shape index (κ3) is 3.99. The Kier molecular flexibility index (Phi) is 5.71. The van der Waals surface area contributed by atoms with Gasteiger partial charge in [-0.25, -0.2) is 0 Å². The summed E-state index contributed by atoms with van der Waals surface area (Å²) in [7, 11) is 1.62. The number of halogens is 1. The minimum atomic E-state index is -0.622. The Hall–Kier alpha value is -3.84. The van der Waals surface area contributed by atoms with Crippen LogP contribution in [-0.2, 0) is 4.79 Å². The number of Topliss-reactive ketones (excluding diaryl/α,β-unsaturated/α-hetero) is 1. The number of nitrogens with zero attached hydrogens (tertiary/aromatic N) is 1. The minimum absolute atomic E-state index is 0.00357. The highest BCUT2D eigenvalue weighted by molar-refractivity contribution is 6.31. The van der Waals surface area contributed by atoms with E-state index in [4.69, 9.17) is 16.3 Å². The number of para-hydroxylation sites is 2. The molecule has 7 nitrogen and oxygen atoms in total. The van der Waals surface area contributed by atoms with Crippen LogP contribution in [0.15, 0.2) is 78.0 Å². The van der Waals surface area contributed by atoms with E-state index >= 15 is 0 Å². The van der Waals surface area contributed by atoms with Crippen molar-refractivity contribution in [2.24, 2.45) is 0 Å². The Bertz CT molecular complexity index is 1320. The number of hydrogen-bond donors (Lipinski definition) is 2. The Morgan fingerprint density at radius 2 is 1.76 bits per heavy atom. The van der Waals surface area contributed by atoms with Crippen molar-refractivity contribution in [1.29, 1.82) is 0 Å². The molecule has 5 rings (SSSR count). The number of carbonyl (C=O) groups is 1. The SMILES string of the molecule is COc1ccc([C@H]2CC(=O)C3=C(C2)Nc2ccccc2N[C@@H]3c2cc([N+](=O)[O-])ccc2Cl)cc1. The molecule has 172 valence electrons. The van der Waals surface area contributed by atoms with Gasteiger partial charge in [0.15, 0.2) is 5.78 Å². The van der Waals surface area contributed by atoms with Gasteiger partial charge in [-0.2, -0.15) is 0 Å². The van der Waals surface area contributed by atoms with E-state index in [0.717, 1.165) is 28.4 Å². The first kappa shape index (κ1) is 22.0. The van der Waals surface area contributed by atoms with E-state index in [9.17, 15) is 14.9 Å². The predicted molar refractivity (Wildman–Crippen MR) is 132 cm³/mol. The number of nitro benzene ring substituents is 1. The normalized spacial score (nSPS) is 19.3. The lowest BCUT2D eigenvalue weighted by Crippen LogP contribution is -2.27. The van der Waals surface area contributed by atoms with Crippen LogP contribution in [0, 0.1) is 10.1 Å². The van der Waals surface area contributed by atoms with Gasteiger partial charge in [0.05, 0.1) is 29.4 Å². The van der Waals surface area contributed by atoms with E-state index in [0.29, 0.717) is 29.0 Å². The van der Waals surface area contributed by atoms with Crippen molar-refractivity contribution in [2.75, 3.05) is 17.7 Å². The Morgan fingerprint density at radius 3 is 2.47 bits per heavy atom. The zero-order valence-electron chi connectivity index (χ0n) is 18.4. The molecule has 0 fully saturated rings. The topological polar surface area (TPSA) is 93.5 Å². The molecule has 1 aliphatic carbocycles. The number of ether oxygens (including phenoxy) is 1. The summed E-state index contributed by atoms with van der Waals surface area (Å²) in [5, 5.41) is 18.7. The second kappa shape index (κ2) is 8.83. The Balaban J connectivity index is 1.62. The van der Waals surface area contributed by atoms with Gasteiger partial charge in [0, 0.05) is 40.4 Å². The van der Waals surface area contributed by atoms with E-state index in [1.807, 2.05) is 48.5 Å². The van der Waals surface area contributed by atoms with Crippen LogP contribution in [0.25, 0.3) is 0 Å². The molecular formula is C26H22ClN3O4. The fourth-order valence-corrected chi connectivity index (χ4v) is 4.93. The molecule has 0 saturated heterocycles. The van der Waals surface area contributed by atoms with Gasteiger partial charge >= 0.3 is 0 Å². The van der Waals surface area contributed by atoms with Crippen molar-refractivity contribution in [1.82, 2.24) is 0 Å². The van der Waals surface area contributed by atoms with E-state index in [1.54, 1.807) is 7.11 Å². The van der Waals surface area contributed by atoms with Crippen LogP contribution >= 0.6 is 11.6 Å². The molecule has 0 spiro atoms. The molecule has 2 N–H and O–H groups in total. The first-order chi connectivity index (χ1) is 16.4. The molecule has 34 heavy (non-hydrogen) atoms. The quantitative estimate of drug-likeness (QED) is 0.343. The summed E-state index contributed by atoms with van der Waals surface area (Å²) in [6.45, 7) is 0. The lowest BCUT2D eigenvalue weighted by Gasteiger charge is -2.30. The molecule has 0 unspecified atom stereocenters. The minimum Gasteiger partial charge on any atom is -0.497 e. The van der Waals surface area contributed by atoms with Gasteiger partial charge < -0.3 is 15.4 Å². The maximum atomic E-state index is 13.6. The third-order valence-corrected chi connectivity index (χ3v) is 6.74. The van der Waals surface area contributed by atoms with Crippen LogP contribution in [0.2, 0.25) is 5.02 Å². The van der Waals surface area contributed by atoms with Crippen LogP contribution in [0.1, 0.15) is 35.9 Å². The largest absolute Gasteiger partial charge is 0.497 e. The number of ketones is 1. The molecule has 1 heterocycles. The van der Waals surface area contributed by atoms with Gasteiger partial charge in [0.25, 0.3) is 5.69 Å². The van der Waals surface area contributed by atoms with E-state index in [1.165, 1.54) is 18.2 Å². The maximum absolute atomic E-state index is 13.6. The molecule has 2 aliphatic rings. The van der Waals surface area contributed by atoms with E-state index < -0.39 is 11.0 Å². The van der Waals surface area contributed by atoms with Gasteiger partial charge in [0.1, 0.15) is 5.75 Å². The summed E-state index contributed by atoms with van der Waals surface area (Å²) < 4.78 is 5.26. The van der Waals surface area contributed by atoms with E-state index in [2.05, 4.69) is 10.6 Å². The van der Waals surface area contributed by atoms with Gasteiger partial charge in [-0.1, -0.05) is 35.9 Å². The highest BCUT2D eigenvalue weighted by Gasteiger charge is 2.37. The second-order valence-electron chi connectivity index (χ2n) is 8.40. The van der Waals surface area contributed by atoms with Crippen molar-refractivity contribution in [3.05, 3.63) is 104 Å².